The maximum Gasteiger partial charge on any atom is 0.175 e. The number of nitrogens with one attached hydrogen (secondary N) is 1. The topological polar surface area (TPSA) is 45.2 Å². The lowest BCUT2D eigenvalue weighted by atomic mass is 9.91. The second-order valence-corrected chi connectivity index (χ2v) is 5.44. The van der Waals surface area contributed by atoms with Crippen LogP contribution in [0.25, 0.3) is 0 Å². The summed E-state index contributed by atoms with van der Waals surface area (Å²) in [4.78, 5) is 18.2. The van der Waals surface area contributed by atoms with Crippen molar-refractivity contribution in [2.75, 3.05) is 25.5 Å². The molecule has 2 heterocycles. The molecule has 0 bridgehead atoms. The number of likely N-dealkylation sites (tertiary alicyclic amines) is 1. The van der Waals surface area contributed by atoms with Crippen molar-refractivity contribution < 1.29 is 4.79 Å². The summed E-state index contributed by atoms with van der Waals surface area (Å²) >= 11 is 0. The molecule has 0 spiro atoms. The van der Waals surface area contributed by atoms with Crippen LogP contribution in [0.1, 0.15) is 38.2 Å². The highest BCUT2D eigenvalue weighted by atomic mass is 16.1. The summed E-state index contributed by atoms with van der Waals surface area (Å²) in [5.41, 5.74) is 1.89. The average Bonchev–Trinajstić information content (AvgIpc) is 2.46. The second kappa shape index (κ2) is 6.66. The number of nitrogens with zero attached hydrogens (tertiary/aromatic N) is 2. The molecule has 4 nitrogen and oxygen atoms in total. The molecular weight excluding hydrogens is 250 g/mol. The van der Waals surface area contributed by atoms with E-state index in [1.165, 1.54) is 18.4 Å². The summed E-state index contributed by atoms with van der Waals surface area (Å²) < 4.78 is 0. The van der Waals surface area contributed by atoms with E-state index in [2.05, 4.69) is 28.3 Å². The van der Waals surface area contributed by atoms with Crippen molar-refractivity contribution in [3.8, 4) is 0 Å². The van der Waals surface area contributed by atoms with E-state index in [4.69, 9.17) is 0 Å². The molecule has 1 fully saturated rings. The summed E-state index contributed by atoms with van der Waals surface area (Å²) in [7, 11) is 2.17. The number of allylic oxidation sites excluding steroid dienone is 2. The van der Waals surface area contributed by atoms with E-state index in [1.807, 2.05) is 19.2 Å². The minimum atomic E-state index is 0.0219. The Morgan fingerprint density at radius 3 is 2.60 bits per heavy atom. The molecule has 1 aromatic rings. The summed E-state index contributed by atoms with van der Waals surface area (Å²) in [6.07, 6.45) is 6.09. The van der Waals surface area contributed by atoms with Crippen LogP contribution < -0.4 is 5.32 Å². The van der Waals surface area contributed by atoms with E-state index < -0.39 is 0 Å². The average molecular weight is 273 g/mol. The first-order valence-corrected chi connectivity index (χ1v) is 7.19. The summed E-state index contributed by atoms with van der Waals surface area (Å²) in [5.74, 6) is 1.36. The predicted molar refractivity (Wildman–Crippen MR) is 81.8 cm³/mol. The lowest BCUT2D eigenvalue weighted by molar-refractivity contribution is -0.113. The van der Waals surface area contributed by atoms with Crippen LogP contribution in [0.4, 0.5) is 5.82 Å². The van der Waals surface area contributed by atoms with Crippen LogP contribution in [0, 0.1) is 0 Å². The van der Waals surface area contributed by atoms with Crippen LogP contribution in [0.15, 0.2) is 30.1 Å². The van der Waals surface area contributed by atoms with Gasteiger partial charge in [-0.1, -0.05) is 12.1 Å². The quantitative estimate of drug-likeness (QED) is 0.857. The molecule has 0 atom stereocenters. The first-order valence-electron chi connectivity index (χ1n) is 7.19. The maximum absolute atomic E-state index is 11.4. The lowest BCUT2D eigenvalue weighted by Gasteiger charge is -2.29. The molecule has 20 heavy (non-hydrogen) atoms. The van der Waals surface area contributed by atoms with Gasteiger partial charge in [-0.15, -0.1) is 0 Å². The molecule has 108 valence electrons. The molecule has 0 radical (unpaired) electrons. The largest absolute Gasteiger partial charge is 0.338 e. The number of Topliss-reactive ketones (excluding diaryl/α,β-unsaturated/α-hetero) is 1. The number of rotatable bonds is 4. The number of ketones is 1. The molecule has 2 rings (SSSR count). The van der Waals surface area contributed by atoms with Gasteiger partial charge in [0.2, 0.25) is 0 Å². The molecule has 1 aliphatic rings. The molecule has 0 saturated carbocycles. The number of hydrogen-bond donors (Lipinski definition) is 1. The zero-order valence-corrected chi connectivity index (χ0v) is 12.5. The van der Waals surface area contributed by atoms with Crippen molar-refractivity contribution in [3.63, 3.8) is 0 Å². The highest BCUT2D eigenvalue weighted by Gasteiger charge is 2.18. The smallest absolute Gasteiger partial charge is 0.175 e. The van der Waals surface area contributed by atoms with Gasteiger partial charge in [-0.3, -0.25) is 4.79 Å². The first kappa shape index (κ1) is 14.7. The van der Waals surface area contributed by atoms with Gasteiger partial charge in [0, 0.05) is 13.1 Å². The number of piperidine rings is 1. The van der Waals surface area contributed by atoms with Gasteiger partial charge in [-0.25, -0.2) is 4.98 Å². The van der Waals surface area contributed by atoms with Crippen LogP contribution in [-0.4, -0.2) is 35.8 Å². The molecule has 0 unspecified atom stereocenters. The van der Waals surface area contributed by atoms with Crippen molar-refractivity contribution in [2.45, 2.75) is 32.6 Å². The molecule has 0 aromatic carbocycles. The van der Waals surface area contributed by atoms with Gasteiger partial charge in [0.05, 0.1) is 5.70 Å². The zero-order chi connectivity index (χ0) is 14.5. The monoisotopic (exact) mass is 273 g/mol. The van der Waals surface area contributed by atoms with Crippen molar-refractivity contribution in [1.82, 2.24) is 9.88 Å². The molecule has 0 amide bonds. The number of anilines is 1. The Morgan fingerprint density at radius 2 is 2.10 bits per heavy atom. The maximum atomic E-state index is 11.4. The Labute approximate surface area is 120 Å². The number of carbonyl (C=O) groups is 1. The third-order valence-electron chi connectivity index (χ3n) is 3.91. The van der Waals surface area contributed by atoms with Crippen molar-refractivity contribution in [1.29, 1.82) is 0 Å². The fraction of sp³-hybridized carbons (Fsp3) is 0.500. The summed E-state index contributed by atoms with van der Waals surface area (Å²) in [5, 5.41) is 3.06. The summed E-state index contributed by atoms with van der Waals surface area (Å²) in [6, 6.07) is 4.08. The van der Waals surface area contributed by atoms with Crippen LogP contribution >= 0.6 is 0 Å². The van der Waals surface area contributed by atoms with E-state index in [0.29, 0.717) is 11.6 Å². The third-order valence-corrected chi connectivity index (χ3v) is 3.91. The minimum absolute atomic E-state index is 0.0219. The normalized spacial score (nSPS) is 18.1. The Hall–Kier alpha value is -1.68. The van der Waals surface area contributed by atoms with Gasteiger partial charge in [0.15, 0.2) is 5.78 Å². The van der Waals surface area contributed by atoms with E-state index in [0.717, 1.165) is 18.9 Å². The Bertz CT molecular complexity index is 485. The standard InChI is InChI=1S/C16H23N3O/c1-4-15(12(2)20)18-16-6-5-14(11-17-16)13-7-9-19(3)10-8-13/h4-6,11,13H,7-10H2,1-3H3,(H,17,18)/b15-4+. The van der Waals surface area contributed by atoms with E-state index in [-0.39, 0.29) is 5.78 Å². The number of hydrogen-bond acceptors (Lipinski definition) is 4. The van der Waals surface area contributed by atoms with Crippen LogP contribution in [0.5, 0.6) is 0 Å². The molecular formula is C16H23N3O. The van der Waals surface area contributed by atoms with E-state index >= 15 is 0 Å². The van der Waals surface area contributed by atoms with Gasteiger partial charge in [0.1, 0.15) is 5.82 Å². The number of carbonyl (C=O) groups excluding carboxylic acids is 1. The molecule has 1 N–H and O–H groups in total. The van der Waals surface area contributed by atoms with Gasteiger partial charge in [0.25, 0.3) is 0 Å². The van der Waals surface area contributed by atoms with Gasteiger partial charge in [-0.05, 0) is 57.5 Å². The first-order chi connectivity index (χ1) is 9.60. The van der Waals surface area contributed by atoms with Crippen molar-refractivity contribution >= 4 is 11.6 Å². The van der Waals surface area contributed by atoms with Crippen molar-refractivity contribution in [3.05, 3.63) is 35.7 Å². The Kier molecular flexibility index (Phi) is 4.90. The van der Waals surface area contributed by atoms with Gasteiger partial charge >= 0.3 is 0 Å². The van der Waals surface area contributed by atoms with E-state index in [1.54, 1.807) is 13.0 Å². The fourth-order valence-corrected chi connectivity index (χ4v) is 2.56. The highest BCUT2D eigenvalue weighted by molar-refractivity contribution is 5.95. The van der Waals surface area contributed by atoms with Gasteiger partial charge in [-0.2, -0.15) is 0 Å². The summed E-state index contributed by atoms with van der Waals surface area (Å²) in [6.45, 7) is 5.70. The van der Waals surface area contributed by atoms with E-state index in [9.17, 15) is 4.79 Å². The number of pyridine rings is 1. The Morgan fingerprint density at radius 1 is 1.40 bits per heavy atom. The minimum Gasteiger partial charge on any atom is -0.338 e. The van der Waals surface area contributed by atoms with Crippen molar-refractivity contribution in [2.24, 2.45) is 0 Å². The van der Waals surface area contributed by atoms with Crippen LogP contribution in [0.2, 0.25) is 0 Å². The lowest BCUT2D eigenvalue weighted by Crippen LogP contribution is -2.29. The highest BCUT2D eigenvalue weighted by Crippen LogP contribution is 2.27. The van der Waals surface area contributed by atoms with Gasteiger partial charge < -0.3 is 10.2 Å². The SMILES string of the molecule is C/C=C(/Nc1ccc(C2CCN(C)CC2)cn1)C(C)=O. The molecule has 1 aromatic heterocycles. The fourth-order valence-electron chi connectivity index (χ4n) is 2.56. The molecule has 0 aliphatic carbocycles. The Balaban J connectivity index is 2.01. The van der Waals surface area contributed by atoms with Crippen LogP contribution in [0.3, 0.4) is 0 Å². The number of aromatic nitrogens is 1. The molecule has 4 heteroatoms. The predicted octanol–water partition coefficient (Wildman–Crippen LogP) is 2.80. The zero-order valence-electron chi connectivity index (χ0n) is 12.5. The molecule has 1 saturated heterocycles. The van der Waals surface area contributed by atoms with Crippen LogP contribution in [-0.2, 0) is 4.79 Å². The third kappa shape index (κ3) is 3.67. The molecule has 1 aliphatic heterocycles. The second-order valence-electron chi connectivity index (χ2n) is 5.44.